The summed E-state index contributed by atoms with van der Waals surface area (Å²) in [4.78, 5) is 0.270. The zero-order valence-corrected chi connectivity index (χ0v) is 12.3. The molecule has 0 amide bonds. The highest BCUT2D eigenvalue weighted by atomic mass is 32.2. The fraction of sp³-hybridized carbons (Fsp3) is 0.308. The summed E-state index contributed by atoms with van der Waals surface area (Å²) >= 11 is 0. The second-order valence-corrected chi connectivity index (χ2v) is 6.16. The zero-order valence-electron chi connectivity index (χ0n) is 11.5. The monoisotopic (exact) mass is 294 g/mol. The first-order valence-electron chi connectivity index (χ1n) is 6.29. The summed E-state index contributed by atoms with van der Waals surface area (Å²) in [5.41, 5.74) is 7.57. The van der Waals surface area contributed by atoms with Gasteiger partial charge in [0.1, 0.15) is 0 Å². The molecule has 0 fully saturated rings. The van der Waals surface area contributed by atoms with E-state index in [2.05, 4.69) is 9.82 Å². The molecule has 0 saturated carbocycles. The van der Waals surface area contributed by atoms with Crippen molar-refractivity contribution in [3.05, 3.63) is 41.7 Å². The molecule has 6 nitrogen and oxygen atoms in total. The highest BCUT2D eigenvalue weighted by Gasteiger charge is 2.19. The van der Waals surface area contributed by atoms with E-state index in [0.29, 0.717) is 18.7 Å². The van der Waals surface area contributed by atoms with Gasteiger partial charge >= 0.3 is 0 Å². The first-order valence-corrected chi connectivity index (χ1v) is 7.78. The molecule has 1 aromatic heterocycles. The minimum atomic E-state index is -3.63. The Morgan fingerprint density at radius 1 is 1.40 bits per heavy atom. The maximum atomic E-state index is 12.5. The minimum Gasteiger partial charge on any atom is -0.326 e. The third kappa shape index (κ3) is 3.00. The van der Waals surface area contributed by atoms with Gasteiger partial charge in [-0.15, -0.1) is 0 Å². The largest absolute Gasteiger partial charge is 0.326 e. The molecule has 0 atom stereocenters. The molecule has 0 aliphatic rings. The third-order valence-electron chi connectivity index (χ3n) is 2.99. The quantitative estimate of drug-likeness (QED) is 0.868. The number of hydrogen-bond acceptors (Lipinski definition) is 4. The van der Waals surface area contributed by atoms with Gasteiger partial charge in [-0.25, -0.2) is 8.42 Å². The van der Waals surface area contributed by atoms with Crippen LogP contribution in [-0.4, -0.2) is 18.2 Å². The number of rotatable bonds is 5. The number of nitrogens with one attached hydrogen (secondary N) is 1. The Bertz CT molecular complexity index is 707. The molecule has 1 aromatic carbocycles. The number of aromatic nitrogens is 2. The van der Waals surface area contributed by atoms with Gasteiger partial charge in [-0.1, -0.05) is 19.1 Å². The first kappa shape index (κ1) is 14.5. The van der Waals surface area contributed by atoms with Crippen LogP contribution in [0.4, 0.5) is 5.69 Å². The number of benzene rings is 1. The molecule has 1 heterocycles. The van der Waals surface area contributed by atoms with Crippen molar-refractivity contribution in [3.63, 3.8) is 0 Å². The van der Waals surface area contributed by atoms with Gasteiger partial charge in [0.05, 0.1) is 16.8 Å². The highest BCUT2D eigenvalue weighted by Crippen LogP contribution is 2.21. The SMILES string of the molecule is CCc1ccc(CN)cc1S(=O)(=O)Nc1cnn(C)c1. The third-order valence-corrected chi connectivity index (χ3v) is 4.46. The molecule has 20 heavy (non-hydrogen) atoms. The Morgan fingerprint density at radius 3 is 2.70 bits per heavy atom. The van der Waals surface area contributed by atoms with Gasteiger partial charge in [-0.3, -0.25) is 9.40 Å². The minimum absolute atomic E-state index is 0.270. The van der Waals surface area contributed by atoms with E-state index in [9.17, 15) is 8.42 Å². The summed E-state index contributed by atoms with van der Waals surface area (Å²) in [7, 11) is -1.91. The topological polar surface area (TPSA) is 90.0 Å². The Hall–Kier alpha value is -1.86. The average molecular weight is 294 g/mol. The molecule has 0 spiro atoms. The Kier molecular flexibility index (Phi) is 4.10. The van der Waals surface area contributed by atoms with Gasteiger partial charge in [-0.2, -0.15) is 5.10 Å². The number of aryl methyl sites for hydroxylation is 2. The lowest BCUT2D eigenvalue weighted by Crippen LogP contribution is -2.15. The van der Waals surface area contributed by atoms with Crippen molar-refractivity contribution >= 4 is 15.7 Å². The molecular formula is C13H18N4O2S. The van der Waals surface area contributed by atoms with E-state index in [1.165, 1.54) is 10.9 Å². The fourth-order valence-electron chi connectivity index (χ4n) is 1.95. The van der Waals surface area contributed by atoms with Crippen LogP contribution in [0.15, 0.2) is 35.5 Å². The molecule has 3 N–H and O–H groups in total. The molecule has 0 bridgehead atoms. The van der Waals surface area contributed by atoms with Crippen LogP contribution in [0.5, 0.6) is 0 Å². The molecule has 0 radical (unpaired) electrons. The highest BCUT2D eigenvalue weighted by molar-refractivity contribution is 7.92. The Labute approximate surface area is 118 Å². The Balaban J connectivity index is 2.42. The van der Waals surface area contributed by atoms with E-state index in [-0.39, 0.29) is 4.90 Å². The molecule has 7 heteroatoms. The fourth-order valence-corrected chi connectivity index (χ4v) is 3.34. The van der Waals surface area contributed by atoms with Crippen molar-refractivity contribution in [2.24, 2.45) is 12.8 Å². The van der Waals surface area contributed by atoms with Crippen LogP contribution in [0.2, 0.25) is 0 Å². The van der Waals surface area contributed by atoms with Gasteiger partial charge in [0.15, 0.2) is 0 Å². The number of nitrogens with two attached hydrogens (primary N) is 1. The second kappa shape index (κ2) is 5.64. The summed E-state index contributed by atoms with van der Waals surface area (Å²) < 4.78 is 29.0. The van der Waals surface area contributed by atoms with Gasteiger partial charge in [0.2, 0.25) is 0 Å². The number of sulfonamides is 1. The molecule has 2 aromatic rings. The number of nitrogens with zero attached hydrogens (tertiary/aromatic N) is 2. The summed E-state index contributed by atoms with van der Waals surface area (Å²) in [5, 5.41) is 3.94. The lowest BCUT2D eigenvalue weighted by Gasteiger charge is -2.11. The van der Waals surface area contributed by atoms with E-state index in [4.69, 9.17) is 5.73 Å². The predicted molar refractivity (Wildman–Crippen MR) is 77.7 cm³/mol. The lowest BCUT2D eigenvalue weighted by molar-refractivity contribution is 0.600. The van der Waals surface area contributed by atoms with E-state index in [0.717, 1.165) is 11.1 Å². The predicted octanol–water partition coefficient (Wildman–Crippen LogP) is 1.24. The van der Waals surface area contributed by atoms with Crippen molar-refractivity contribution in [2.45, 2.75) is 24.8 Å². The van der Waals surface area contributed by atoms with Gasteiger partial charge in [0.25, 0.3) is 10.0 Å². The molecule has 0 aliphatic heterocycles. The van der Waals surface area contributed by atoms with Crippen LogP contribution in [0.25, 0.3) is 0 Å². The normalized spacial score (nSPS) is 11.6. The van der Waals surface area contributed by atoms with Crippen molar-refractivity contribution in [2.75, 3.05) is 4.72 Å². The van der Waals surface area contributed by atoms with E-state index >= 15 is 0 Å². The average Bonchev–Trinajstić information content (AvgIpc) is 2.82. The Morgan fingerprint density at radius 2 is 2.15 bits per heavy atom. The van der Waals surface area contributed by atoms with Crippen molar-refractivity contribution < 1.29 is 8.42 Å². The summed E-state index contributed by atoms with van der Waals surface area (Å²) in [6.07, 6.45) is 3.71. The molecule has 0 saturated heterocycles. The lowest BCUT2D eigenvalue weighted by atomic mass is 10.1. The maximum Gasteiger partial charge on any atom is 0.262 e. The second-order valence-electron chi connectivity index (χ2n) is 4.51. The molecule has 2 rings (SSSR count). The molecule has 0 aliphatic carbocycles. The first-order chi connectivity index (χ1) is 9.46. The number of hydrogen-bond donors (Lipinski definition) is 2. The van der Waals surface area contributed by atoms with Crippen LogP contribution in [0, 0.1) is 0 Å². The van der Waals surface area contributed by atoms with Gasteiger partial charge in [-0.05, 0) is 23.6 Å². The van der Waals surface area contributed by atoms with Crippen LogP contribution in [0.3, 0.4) is 0 Å². The zero-order chi connectivity index (χ0) is 14.8. The van der Waals surface area contributed by atoms with E-state index in [1.54, 1.807) is 25.4 Å². The van der Waals surface area contributed by atoms with Crippen molar-refractivity contribution in [1.29, 1.82) is 0 Å². The smallest absolute Gasteiger partial charge is 0.262 e. The van der Waals surface area contributed by atoms with Gasteiger partial charge in [0, 0.05) is 19.8 Å². The van der Waals surface area contributed by atoms with Crippen molar-refractivity contribution in [1.82, 2.24) is 9.78 Å². The van der Waals surface area contributed by atoms with E-state index < -0.39 is 10.0 Å². The van der Waals surface area contributed by atoms with Crippen LogP contribution in [0.1, 0.15) is 18.1 Å². The van der Waals surface area contributed by atoms with Crippen LogP contribution >= 0.6 is 0 Å². The number of anilines is 1. The summed E-state index contributed by atoms with van der Waals surface area (Å²) in [6, 6.07) is 5.28. The molecular weight excluding hydrogens is 276 g/mol. The molecule has 0 unspecified atom stereocenters. The molecule has 108 valence electrons. The van der Waals surface area contributed by atoms with Crippen LogP contribution in [-0.2, 0) is 30.0 Å². The van der Waals surface area contributed by atoms with E-state index in [1.807, 2.05) is 13.0 Å². The summed E-state index contributed by atoms with van der Waals surface area (Å²) in [5.74, 6) is 0. The van der Waals surface area contributed by atoms with Crippen molar-refractivity contribution in [3.8, 4) is 0 Å². The summed E-state index contributed by atoms with van der Waals surface area (Å²) in [6.45, 7) is 2.22. The maximum absolute atomic E-state index is 12.5. The van der Waals surface area contributed by atoms with Crippen LogP contribution < -0.4 is 10.5 Å². The standard InChI is InChI=1S/C13H18N4O2S/c1-3-11-5-4-10(7-14)6-13(11)20(18,19)16-12-8-15-17(2)9-12/h4-6,8-9,16H,3,7,14H2,1-2H3. The van der Waals surface area contributed by atoms with Gasteiger partial charge < -0.3 is 5.73 Å².